The van der Waals surface area contributed by atoms with Crippen molar-refractivity contribution < 1.29 is 9.53 Å². The second kappa shape index (κ2) is 7.36. The quantitative estimate of drug-likeness (QED) is 0.585. The maximum atomic E-state index is 11.4. The Labute approximate surface area is 85.2 Å². The monoisotopic (exact) mass is 198 g/mol. The lowest BCUT2D eigenvalue weighted by Gasteiger charge is -2.17. The lowest BCUT2D eigenvalue weighted by Crippen LogP contribution is -2.47. The number of carbonyl (C=O) groups is 1. The van der Waals surface area contributed by atoms with E-state index in [0.717, 1.165) is 6.42 Å². The lowest BCUT2D eigenvalue weighted by molar-refractivity contribution is -0.124. The minimum atomic E-state index is -0.619. The topological polar surface area (TPSA) is 64.4 Å². The zero-order valence-corrected chi connectivity index (χ0v) is 8.75. The molecule has 0 fully saturated rings. The number of hydrogen-bond donors (Lipinski definition) is 2. The van der Waals surface area contributed by atoms with Crippen LogP contribution in [-0.4, -0.2) is 31.7 Å². The van der Waals surface area contributed by atoms with Crippen molar-refractivity contribution in [1.82, 2.24) is 5.32 Å². The van der Waals surface area contributed by atoms with Crippen molar-refractivity contribution >= 4 is 5.91 Å². The van der Waals surface area contributed by atoms with Crippen molar-refractivity contribution in [3.63, 3.8) is 0 Å². The van der Waals surface area contributed by atoms with E-state index >= 15 is 0 Å². The standard InChI is InChI=1S/C10H18N2O2/c1-4-6-8(5-2)12-10(13)9(11)7-14-3/h1,8-9H,5-7,11H2,2-3H3,(H,12,13). The van der Waals surface area contributed by atoms with Crippen LogP contribution < -0.4 is 11.1 Å². The highest BCUT2D eigenvalue weighted by Crippen LogP contribution is 1.96. The van der Waals surface area contributed by atoms with Crippen molar-refractivity contribution in [2.75, 3.05) is 13.7 Å². The molecule has 80 valence electrons. The summed E-state index contributed by atoms with van der Waals surface area (Å²) in [6.07, 6.45) is 6.49. The molecule has 4 nitrogen and oxygen atoms in total. The molecular weight excluding hydrogens is 180 g/mol. The van der Waals surface area contributed by atoms with E-state index in [-0.39, 0.29) is 18.6 Å². The Hall–Kier alpha value is -1.05. The Morgan fingerprint density at radius 1 is 1.71 bits per heavy atom. The van der Waals surface area contributed by atoms with Gasteiger partial charge in [-0.2, -0.15) is 0 Å². The molecule has 0 aliphatic heterocycles. The molecule has 1 amide bonds. The molecule has 0 aliphatic rings. The predicted octanol–water partition coefficient (Wildman–Crippen LogP) is -0.122. The number of hydrogen-bond acceptors (Lipinski definition) is 3. The van der Waals surface area contributed by atoms with Crippen molar-refractivity contribution in [2.24, 2.45) is 5.73 Å². The fourth-order valence-electron chi connectivity index (χ4n) is 1.00. The van der Waals surface area contributed by atoms with Crippen LogP contribution >= 0.6 is 0 Å². The van der Waals surface area contributed by atoms with Gasteiger partial charge in [0.2, 0.25) is 5.91 Å². The first kappa shape index (κ1) is 12.9. The van der Waals surface area contributed by atoms with Gasteiger partial charge in [-0.05, 0) is 6.42 Å². The zero-order chi connectivity index (χ0) is 11.0. The molecule has 0 aromatic heterocycles. The summed E-state index contributed by atoms with van der Waals surface area (Å²) < 4.78 is 4.77. The van der Waals surface area contributed by atoms with Gasteiger partial charge in [0.25, 0.3) is 0 Å². The van der Waals surface area contributed by atoms with Crippen LogP contribution in [0.25, 0.3) is 0 Å². The molecule has 3 N–H and O–H groups in total. The normalized spacial score (nSPS) is 14.1. The van der Waals surface area contributed by atoms with Crippen molar-refractivity contribution in [1.29, 1.82) is 0 Å². The van der Waals surface area contributed by atoms with Gasteiger partial charge in [0.05, 0.1) is 6.61 Å². The van der Waals surface area contributed by atoms with Crippen LogP contribution in [0.1, 0.15) is 19.8 Å². The molecule has 0 bridgehead atoms. The van der Waals surface area contributed by atoms with Gasteiger partial charge in [0, 0.05) is 19.6 Å². The fraction of sp³-hybridized carbons (Fsp3) is 0.700. The molecule has 0 saturated carbocycles. The first-order valence-electron chi connectivity index (χ1n) is 4.64. The minimum absolute atomic E-state index is 0.00964. The second-order valence-corrected chi connectivity index (χ2v) is 3.08. The fourth-order valence-corrected chi connectivity index (χ4v) is 1.00. The maximum Gasteiger partial charge on any atom is 0.239 e. The Bertz CT molecular complexity index is 211. The molecule has 0 aromatic carbocycles. The van der Waals surface area contributed by atoms with Gasteiger partial charge in [0.1, 0.15) is 6.04 Å². The van der Waals surface area contributed by atoms with Gasteiger partial charge in [-0.25, -0.2) is 0 Å². The molecule has 0 saturated heterocycles. The number of rotatable bonds is 6. The van der Waals surface area contributed by atoms with Crippen molar-refractivity contribution in [3.8, 4) is 12.3 Å². The highest BCUT2D eigenvalue weighted by Gasteiger charge is 2.15. The third kappa shape index (κ3) is 4.85. The van der Waals surface area contributed by atoms with Gasteiger partial charge >= 0.3 is 0 Å². The lowest BCUT2D eigenvalue weighted by atomic mass is 10.1. The summed E-state index contributed by atoms with van der Waals surface area (Å²) in [5.74, 6) is 2.29. The minimum Gasteiger partial charge on any atom is -0.383 e. The number of methoxy groups -OCH3 is 1. The second-order valence-electron chi connectivity index (χ2n) is 3.08. The Morgan fingerprint density at radius 2 is 2.36 bits per heavy atom. The third-order valence-electron chi connectivity index (χ3n) is 1.89. The molecule has 0 heterocycles. The van der Waals surface area contributed by atoms with Crippen LogP contribution in [0.2, 0.25) is 0 Å². The number of ether oxygens (including phenoxy) is 1. The van der Waals surface area contributed by atoms with Crippen molar-refractivity contribution in [3.05, 3.63) is 0 Å². The molecule has 0 spiro atoms. The van der Waals surface area contributed by atoms with Crippen LogP contribution in [0.4, 0.5) is 0 Å². The molecule has 14 heavy (non-hydrogen) atoms. The van der Waals surface area contributed by atoms with Crippen LogP contribution in [0, 0.1) is 12.3 Å². The summed E-state index contributed by atoms with van der Waals surface area (Å²) in [4.78, 5) is 11.4. The zero-order valence-electron chi connectivity index (χ0n) is 8.75. The summed E-state index contributed by atoms with van der Waals surface area (Å²) in [5, 5.41) is 2.77. The molecule has 0 aliphatic carbocycles. The molecule has 0 aromatic rings. The summed E-state index contributed by atoms with van der Waals surface area (Å²) in [5.41, 5.74) is 5.54. The number of nitrogens with one attached hydrogen (secondary N) is 1. The number of nitrogens with two attached hydrogens (primary N) is 1. The van der Waals surface area contributed by atoms with Crippen molar-refractivity contribution in [2.45, 2.75) is 31.8 Å². The van der Waals surface area contributed by atoms with E-state index in [9.17, 15) is 4.79 Å². The molecule has 0 radical (unpaired) electrons. The third-order valence-corrected chi connectivity index (χ3v) is 1.89. The van der Waals surface area contributed by atoms with E-state index in [1.165, 1.54) is 7.11 Å². The van der Waals surface area contributed by atoms with Gasteiger partial charge in [0.15, 0.2) is 0 Å². The Morgan fingerprint density at radius 3 is 2.79 bits per heavy atom. The number of amides is 1. The van der Waals surface area contributed by atoms with Crippen LogP contribution in [0.3, 0.4) is 0 Å². The summed E-state index contributed by atoms with van der Waals surface area (Å²) in [6, 6.07) is -0.609. The van der Waals surface area contributed by atoms with E-state index in [1.54, 1.807) is 0 Å². The first-order chi connectivity index (χ1) is 6.65. The summed E-state index contributed by atoms with van der Waals surface area (Å²) in [6.45, 7) is 2.18. The summed E-state index contributed by atoms with van der Waals surface area (Å²) >= 11 is 0. The van der Waals surface area contributed by atoms with E-state index in [0.29, 0.717) is 6.42 Å². The van der Waals surface area contributed by atoms with Gasteiger partial charge < -0.3 is 15.8 Å². The van der Waals surface area contributed by atoms with Gasteiger partial charge in [-0.3, -0.25) is 4.79 Å². The first-order valence-corrected chi connectivity index (χ1v) is 4.64. The van der Waals surface area contributed by atoms with E-state index in [2.05, 4.69) is 11.2 Å². The molecule has 2 unspecified atom stereocenters. The number of carbonyl (C=O) groups excluding carboxylic acids is 1. The predicted molar refractivity (Wildman–Crippen MR) is 55.5 cm³/mol. The van der Waals surface area contributed by atoms with Crippen LogP contribution in [0.15, 0.2) is 0 Å². The van der Waals surface area contributed by atoms with E-state index < -0.39 is 6.04 Å². The Kier molecular flexibility index (Phi) is 6.81. The molecule has 4 heteroatoms. The Balaban J connectivity index is 3.96. The molecule has 2 atom stereocenters. The maximum absolute atomic E-state index is 11.4. The van der Waals surface area contributed by atoms with E-state index in [1.807, 2.05) is 6.92 Å². The average molecular weight is 198 g/mol. The molecular formula is C10H18N2O2. The SMILES string of the molecule is C#CCC(CC)NC(=O)C(N)COC. The van der Waals surface area contributed by atoms with Gasteiger partial charge in [-0.1, -0.05) is 6.92 Å². The highest BCUT2D eigenvalue weighted by atomic mass is 16.5. The van der Waals surface area contributed by atoms with E-state index in [4.69, 9.17) is 16.9 Å². The largest absolute Gasteiger partial charge is 0.383 e. The van der Waals surface area contributed by atoms with Gasteiger partial charge in [-0.15, -0.1) is 12.3 Å². The number of terminal acetylenes is 1. The van der Waals surface area contributed by atoms with Crippen LogP contribution in [-0.2, 0) is 9.53 Å². The highest BCUT2D eigenvalue weighted by molar-refractivity contribution is 5.81. The summed E-state index contributed by atoms with van der Waals surface area (Å²) in [7, 11) is 1.51. The molecule has 0 rings (SSSR count). The average Bonchev–Trinajstić information content (AvgIpc) is 2.17. The smallest absolute Gasteiger partial charge is 0.239 e. The van der Waals surface area contributed by atoms with Crippen LogP contribution in [0.5, 0.6) is 0 Å².